The number of rotatable bonds is 4. The molecule has 4 nitrogen and oxygen atoms in total. The molecule has 1 saturated carbocycles. The van der Waals surface area contributed by atoms with Gasteiger partial charge < -0.3 is 0 Å². The predicted molar refractivity (Wildman–Crippen MR) is 94.0 cm³/mol. The van der Waals surface area contributed by atoms with E-state index < -0.39 is 0 Å². The Morgan fingerprint density at radius 2 is 1.87 bits per heavy atom. The fraction of sp³-hybridized carbons (Fsp3) is 0.500. The molecule has 23 heavy (non-hydrogen) atoms. The van der Waals surface area contributed by atoms with Crippen molar-refractivity contribution < 1.29 is 0 Å². The van der Waals surface area contributed by atoms with Crippen molar-refractivity contribution in [2.24, 2.45) is 11.0 Å². The average Bonchev–Trinajstić information content (AvgIpc) is 3.04. The van der Waals surface area contributed by atoms with E-state index in [4.69, 9.17) is 5.10 Å². The molecule has 2 aliphatic rings. The summed E-state index contributed by atoms with van der Waals surface area (Å²) in [5.41, 5.74) is 2.30. The molecule has 0 saturated heterocycles. The first-order valence-corrected chi connectivity index (χ1v) is 9.59. The SMILES string of the molecule is c1ccc(C2=Nn3c(CCC4CCCCC4)nnc3SC2)cc1. The summed E-state index contributed by atoms with van der Waals surface area (Å²) in [4.78, 5) is 0. The van der Waals surface area contributed by atoms with Gasteiger partial charge in [0.05, 0.1) is 5.71 Å². The van der Waals surface area contributed by atoms with Crippen LogP contribution < -0.4 is 0 Å². The Balaban J connectivity index is 1.51. The van der Waals surface area contributed by atoms with Crippen molar-refractivity contribution in [2.45, 2.75) is 50.1 Å². The number of hydrogen-bond acceptors (Lipinski definition) is 4. The number of hydrogen-bond donors (Lipinski definition) is 0. The molecule has 0 atom stereocenters. The zero-order valence-electron chi connectivity index (χ0n) is 13.3. The molecular weight excluding hydrogens is 304 g/mol. The summed E-state index contributed by atoms with van der Waals surface area (Å²) in [5.74, 6) is 2.75. The number of aromatic nitrogens is 3. The van der Waals surface area contributed by atoms with E-state index in [0.717, 1.165) is 34.8 Å². The maximum absolute atomic E-state index is 4.83. The van der Waals surface area contributed by atoms with Crippen LogP contribution in [0.15, 0.2) is 40.6 Å². The monoisotopic (exact) mass is 326 g/mol. The van der Waals surface area contributed by atoms with Gasteiger partial charge in [-0.3, -0.25) is 0 Å². The van der Waals surface area contributed by atoms with Crippen LogP contribution in [0.2, 0.25) is 0 Å². The van der Waals surface area contributed by atoms with E-state index in [1.165, 1.54) is 44.1 Å². The molecule has 0 amide bonds. The Bertz CT molecular complexity index is 686. The molecule has 0 radical (unpaired) electrons. The van der Waals surface area contributed by atoms with Crippen molar-refractivity contribution in [3.63, 3.8) is 0 Å². The minimum absolute atomic E-state index is 0.866. The first-order valence-electron chi connectivity index (χ1n) is 8.60. The smallest absolute Gasteiger partial charge is 0.191 e. The summed E-state index contributed by atoms with van der Waals surface area (Å²) in [6.45, 7) is 0. The number of aryl methyl sites for hydroxylation is 1. The van der Waals surface area contributed by atoms with E-state index in [0.29, 0.717) is 0 Å². The third-order valence-electron chi connectivity index (χ3n) is 4.84. The van der Waals surface area contributed by atoms with Gasteiger partial charge in [0.15, 0.2) is 5.82 Å². The lowest BCUT2D eigenvalue weighted by molar-refractivity contribution is 0.336. The molecule has 1 aliphatic heterocycles. The standard InChI is InChI=1S/C18H22N4S/c1-3-7-14(8-4-1)11-12-17-19-20-18-22(17)21-16(13-23-18)15-9-5-2-6-10-15/h2,5-6,9-10,14H,1,3-4,7-8,11-13H2. The molecule has 1 fully saturated rings. The molecule has 2 aromatic rings. The van der Waals surface area contributed by atoms with Gasteiger partial charge in [0.2, 0.25) is 5.16 Å². The highest BCUT2D eigenvalue weighted by molar-refractivity contribution is 7.99. The Morgan fingerprint density at radius 3 is 2.70 bits per heavy atom. The molecule has 0 unspecified atom stereocenters. The first kappa shape index (κ1) is 14.9. The summed E-state index contributed by atoms with van der Waals surface area (Å²) >= 11 is 1.73. The van der Waals surface area contributed by atoms with Crippen molar-refractivity contribution in [2.75, 3.05) is 5.75 Å². The zero-order valence-corrected chi connectivity index (χ0v) is 14.1. The number of fused-ring (bicyclic) bond motifs is 1. The van der Waals surface area contributed by atoms with Gasteiger partial charge in [0.1, 0.15) is 0 Å². The van der Waals surface area contributed by atoms with Gasteiger partial charge in [-0.25, -0.2) is 0 Å². The van der Waals surface area contributed by atoms with Gasteiger partial charge in [0.25, 0.3) is 0 Å². The number of thioether (sulfide) groups is 1. The Labute approximate surface area is 141 Å². The predicted octanol–water partition coefficient (Wildman–Crippen LogP) is 4.15. The lowest BCUT2D eigenvalue weighted by atomic mass is 9.86. The molecule has 1 aromatic heterocycles. The van der Waals surface area contributed by atoms with E-state index in [2.05, 4.69) is 34.5 Å². The van der Waals surface area contributed by atoms with E-state index in [-0.39, 0.29) is 0 Å². The zero-order chi connectivity index (χ0) is 15.5. The van der Waals surface area contributed by atoms with Crippen molar-refractivity contribution in [1.82, 2.24) is 14.9 Å². The highest BCUT2D eigenvalue weighted by atomic mass is 32.2. The molecule has 4 rings (SSSR count). The molecular formula is C18H22N4S. The maximum Gasteiger partial charge on any atom is 0.212 e. The molecule has 0 spiro atoms. The number of benzene rings is 1. The van der Waals surface area contributed by atoms with Crippen LogP contribution in [0, 0.1) is 5.92 Å². The van der Waals surface area contributed by atoms with Crippen LogP contribution in [0.4, 0.5) is 0 Å². The van der Waals surface area contributed by atoms with Crippen LogP contribution in [0.5, 0.6) is 0 Å². The molecule has 1 aliphatic carbocycles. The Morgan fingerprint density at radius 1 is 1.04 bits per heavy atom. The fourth-order valence-corrected chi connectivity index (χ4v) is 4.36. The Kier molecular flexibility index (Phi) is 4.46. The Hall–Kier alpha value is -1.62. The van der Waals surface area contributed by atoms with Crippen LogP contribution in [-0.2, 0) is 6.42 Å². The molecule has 0 bridgehead atoms. The summed E-state index contributed by atoms with van der Waals surface area (Å²) in [7, 11) is 0. The van der Waals surface area contributed by atoms with Gasteiger partial charge in [-0.2, -0.15) is 9.78 Å². The topological polar surface area (TPSA) is 43.1 Å². The highest BCUT2D eigenvalue weighted by Gasteiger charge is 2.21. The van der Waals surface area contributed by atoms with Crippen molar-refractivity contribution in [3.8, 4) is 0 Å². The second-order valence-electron chi connectivity index (χ2n) is 6.45. The minimum atomic E-state index is 0.866. The van der Waals surface area contributed by atoms with Gasteiger partial charge in [-0.1, -0.05) is 74.2 Å². The van der Waals surface area contributed by atoms with Crippen LogP contribution in [0.25, 0.3) is 0 Å². The lowest BCUT2D eigenvalue weighted by Gasteiger charge is -2.21. The highest BCUT2D eigenvalue weighted by Crippen LogP contribution is 2.29. The quantitative estimate of drug-likeness (QED) is 0.847. The van der Waals surface area contributed by atoms with Crippen molar-refractivity contribution in [1.29, 1.82) is 0 Å². The molecule has 2 heterocycles. The van der Waals surface area contributed by atoms with Crippen LogP contribution in [0.1, 0.15) is 49.9 Å². The molecule has 5 heteroatoms. The summed E-state index contributed by atoms with van der Waals surface area (Å²) in [6, 6.07) is 10.4. The average molecular weight is 326 g/mol. The lowest BCUT2D eigenvalue weighted by Crippen LogP contribution is -2.15. The van der Waals surface area contributed by atoms with E-state index in [1.807, 2.05) is 10.7 Å². The van der Waals surface area contributed by atoms with E-state index in [9.17, 15) is 0 Å². The third-order valence-corrected chi connectivity index (χ3v) is 5.77. The van der Waals surface area contributed by atoms with E-state index >= 15 is 0 Å². The van der Waals surface area contributed by atoms with Gasteiger partial charge in [-0.15, -0.1) is 10.2 Å². The fourth-order valence-electron chi connectivity index (χ4n) is 3.51. The summed E-state index contributed by atoms with van der Waals surface area (Å²) < 4.78 is 1.97. The van der Waals surface area contributed by atoms with Gasteiger partial charge in [0, 0.05) is 12.2 Å². The van der Waals surface area contributed by atoms with Crippen LogP contribution in [-0.4, -0.2) is 26.3 Å². The number of nitrogens with zero attached hydrogens (tertiary/aromatic N) is 4. The van der Waals surface area contributed by atoms with Gasteiger partial charge in [-0.05, 0) is 17.9 Å². The normalized spacial score (nSPS) is 18.5. The third kappa shape index (κ3) is 3.34. The molecule has 0 N–H and O–H groups in total. The summed E-state index contributed by atoms with van der Waals surface area (Å²) in [5, 5.41) is 14.5. The van der Waals surface area contributed by atoms with Crippen molar-refractivity contribution in [3.05, 3.63) is 41.7 Å². The molecule has 1 aromatic carbocycles. The first-order chi connectivity index (χ1) is 11.4. The molecule has 120 valence electrons. The van der Waals surface area contributed by atoms with Crippen LogP contribution in [0.3, 0.4) is 0 Å². The van der Waals surface area contributed by atoms with Gasteiger partial charge >= 0.3 is 0 Å². The van der Waals surface area contributed by atoms with Crippen LogP contribution >= 0.6 is 11.8 Å². The summed E-state index contributed by atoms with van der Waals surface area (Å²) in [6.07, 6.45) is 9.19. The second kappa shape index (κ2) is 6.87. The largest absolute Gasteiger partial charge is 0.212 e. The maximum atomic E-state index is 4.83. The minimum Gasteiger partial charge on any atom is -0.191 e. The second-order valence-corrected chi connectivity index (χ2v) is 7.40. The van der Waals surface area contributed by atoms with Crippen molar-refractivity contribution >= 4 is 17.5 Å². The van der Waals surface area contributed by atoms with E-state index in [1.54, 1.807) is 11.8 Å².